The van der Waals surface area contributed by atoms with Crippen molar-refractivity contribution in [1.29, 1.82) is 0 Å². The molecule has 1 aromatic carbocycles. The molecule has 0 aliphatic carbocycles. The second kappa shape index (κ2) is 5.71. The lowest BCUT2D eigenvalue weighted by Gasteiger charge is -2.06. The monoisotopic (exact) mass is 310 g/mol. The van der Waals surface area contributed by atoms with Crippen molar-refractivity contribution in [2.75, 3.05) is 7.11 Å². The number of nitrogens with zero attached hydrogens (tertiary/aromatic N) is 1. The molecule has 0 atom stereocenters. The van der Waals surface area contributed by atoms with Gasteiger partial charge in [-0.1, -0.05) is 0 Å². The van der Waals surface area contributed by atoms with Crippen molar-refractivity contribution >= 4 is 31.7 Å². The van der Waals surface area contributed by atoms with Crippen LogP contribution in [0.3, 0.4) is 0 Å². The van der Waals surface area contributed by atoms with Crippen LogP contribution in [0.5, 0.6) is 11.5 Å². The fraction of sp³-hybridized carbons (Fsp3) is 0.125. The molecule has 0 fully saturated rings. The van der Waals surface area contributed by atoms with E-state index in [-0.39, 0.29) is 5.75 Å². The van der Waals surface area contributed by atoms with Gasteiger partial charge in [-0.05, 0) is 12.1 Å². The number of nitro groups is 1. The summed E-state index contributed by atoms with van der Waals surface area (Å²) in [6, 6.07) is 3.39. The molecule has 0 saturated carbocycles. The van der Waals surface area contributed by atoms with E-state index in [1.807, 2.05) is 0 Å². The summed E-state index contributed by atoms with van der Waals surface area (Å²) in [5, 5.41) is 10.8. The Kier molecular flexibility index (Phi) is 4.51. The van der Waals surface area contributed by atoms with Gasteiger partial charge in [-0.2, -0.15) is 8.42 Å². The third-order valence-electron chi connectivity index (χ3n) is 1.77. The molecule has 0 aliphatic rings. The molecule has 0 saturated heterocycles. The summed E-state index contributed by atoms with van der Waals surface area (Å²) in [4.78, 5) is 21.0. The van der Waals surface area contributed by atoms with E-state index in [9.17, 15) is 23.3 Å². The zero-order valence-electron chi connectivity index (χ0n) is 9.32. The van der Waals surface area contributed by atoms with Crippen molar-refractivity contribution in [2.24, 2.45) is 0 Å². The van der Waals surface area contributed by atoms with Crippen molar-refractivity contribution in [2.45, 2.75) is 0 Å². The molecule has 104 valence electrons. The van der Waals surface area contributed by atoms with Crippen molar-refractivity contribution in [3.05, 3.63) is 28.3 Å². The van der Waals surface area contributed by atoms with Crippen LogP contribution in [-0.2, 0) is 9.24 Å². The summed E-state index contributed by atoms with van der Waals surface area (Å²) in [5.74, 6) is -0.284. The summed E-state index contributed by atoms with van der Waals surface area (Å²) in [7, 11) is 1.71. The van der Waals surface area contributed by atoms with Gasteiger partial charge < -0.3 is 9.47 Å². The summed E-state index contributed by atoms with van der Waals surface area (Å²) in [6.45, 7) is 0. The zero-order chi connectivity index (χ0) is 14.6. The van der Waals surface area contributed by atoms with Crippen LogP contribution in [0, 0.1) is 10.1 Å². The van der Waals surface area contributed by atoms with Crippen LogP contribution >= 0.6 is 10.7 Å². The van der Waals surface area contributed by atoms with Gasteiger partial charge in [0.15, 0.2) is 0 Å². The largest absolute Gasteiger partial charge is 0.496 e. The van der Waals surface area contributed by atoms with Crippen LogP contribution in [-0.4, -0.2) is 26.5 Å². The number of amides is 1. The minimum atomic E-state index is -4.34. The van der Waals surface area contributed by atoms with Crippen LogP contribution < -0.4 is 14.2 Å². The zero-order valence-corrected chi connectivity index (χ0v) is 10.9. The first-order chi connectivity index (χ1) is 8.73. The van der Waals surface area contributed by atoms with E-state index in [0.717, 1.165) is 12.1 Å². The number of halogens is 1. The molecular weight excluding hydrogens is 304 g/mol. The fourth-order valence-corrected chi connectivity index (χ4v) is 1.50. The van der Waals surface area contributed by atoms with Gasteiger partial charge in [-0.15, -0.1) is 0 Å². The maximum atomic E-state index is 11.1. The molecule has 1 N–H and O–H groups in total. The summed E-state index contributed by atoms with van der Waals surface area (Å²) in [6.07, 6.45) is -1.47. The van der Waals surface area contributed by atoms with Gasteiger partial charge in [0.1, 0.15) is 5.75 Å². The number of carbonyl (C=O) groups excluding carboxylic acids is 1. The lowest BCUT2D eigenvalue weighted by molar-refractivity contribution is -0.385. The van der Waals surface area contributed by atoms with Crippen LogP contribution in [0.1, 0.15) is 0 Å². The van der Waals surface area contributed by atoms with Crippen LogP contribution in [0.4, 0.5) is 10.5 Å². The van der Waals surface area contributed by atoms with Crippen molar-refractivity contribution < 1.29 is 27.6 Å². The molecule has 1 amide bonds. The quantitative estimate of drug-likeness (QED) is 0.502. The predicted molar refractivity (Wildman–Crippen MR) is 63.6 cm³/mol. The van der Waals surface area contributed by atoms with E-state index in [2.05, 4.69) is 4.74 Å². The first-order valence-corrected chi connectivity index (χ1v) is 6.80. The molecule has 0 heterocycles. The Morgan fingerprint density at radius 1 is 1.47 bits per heavy atom. The molecule has 0 aromatic heterocycles. The fourth-order valence-electron chi connectivity index (χ4n) is 1.07. The lowest BCUT2D eigenvalue weighted by Crippen LogP contribution is -2.29. The number of hydrogen-bond donors (Lipinski definition) is 1. The smallest absolute Gasteiger partial charge is 0.427 e. The standard InChI is InChI=1S/C8H7ClN2O7S/c1-17-5-2-3-7(6(4-5)11(13)14)18-8(12)10-19(9,15)16/h2-4H,1H3,(H,10,12). The number of hydrogen-bond acceptors (Lipinski definition) is 7. The molecule has 0 aliphatic heterocycles. The second-order valence-corrected chi connectivity index (χ2v) is 5.32. The van der Waals surface area contributed by atoms with E-state index >= 15 is 0 Å². The maximum Gasteiger partial charge on any atom is 0.427 e. The average molecular weight is 311 g/mol. The van der Waals surface area contributed by atoms with Crippen LogP contribution in [0.15, 0.2) is 18.2 Å². The van der Waals surface area contributed by atoms with Gasteiger partial charge in [0.25, 0.3) is 0 Å². The van der Waals surface area contributed by atoms with Gasteiger partial charge in [0.05, 0.1) is 18.1 Å². The van der Waals surface area contributed by atoms with Gasteiger partial charge in [-0.3, -0.25) is 10.1 Å². The van der Waals surface area contributed by atoms with E-state index in [0.29, 0.717) is 0 Å². The third-order valence-corrected chi connectivity index (χ3v) is 2.41. The first kappa shape index (κ1) is 15.0. The topological polar surface area (TPSA) is 125 Å². The van der Waals surface area contributed by atoms with Gasteiger partial charge in [0, 0.05) is 10.7 Å². The Morgan fingerprint density at radius 2 is 2.11 bits per heavy atom. The molecule has 19 heavy (non-hydrogen) atoms. The highest BCUT2D eigenvalue weighted by Crippen LogP contribution is 2.31. The van der Waals surface area contributed by atoms with Gasteiger partial charge >= 0.3 is 21.0 Å². The highest BCUT2D eigenvalue weighted by atomic mass is 35.7. The molecule has 1 rings (SSSR count). The summed E-state index contributed by atoms with van der Waals surface area (Å²) < 4.78 is 31.6. The maximum absolute atomic E-state index is 11.1. The average Bonchev–Trinajstić information content (AvgIpc) is 2.26. The normalized spacial score (nSPS) is 10.6. The second-order valence-electron chi connectivity index (χ2n) is 3.02. The van der Waals surface area contributed by atoms with E-state index in [4.69, 9.17) is 15.4 Å². The number of rotatable bonds is 4. The Balaban J connectivity index is 3.01. The molecule has 11 heteroatoms. The summed E-state index contributed by atoms with van der Waals surface area (Å²) in [5.41, 5.74) is -0.568. The number of nitro benzene ring substituents is 1. The number of carbonyl (C=O) groups is 1. The molecule has 0 bridgehead atoms. The first-order valence-electron chi connectivity index (χ1n) is 4.49. The molecule has 1 aromatic rings. The minimum Gasteiger partial charge on any atom is -0.496 e. The lowest BCUT2D eigenvalue weighted by atomic mass is 10.3. The molecule has 0 unspecified atom stereocenters. The third kappa shape index (κ3) is 4.60. The van der Waals surface area contributed by atoms with Crippen molar-refractivity contribution in [3.63, 3.8) is 0 Å². The number of nitrogens with one attached hydrogen (secondary N) is 1. The van der Waals surface area contributed by atoms with Crippen molar-refractivity contribution in [1.82, 2.24) is 4.72 Å². The predicted octanol–water partition coefficient (Wildman–Crippen LogP) is 1.18. The number of benzene rings is 1. The van der Waals surface area contributed by atoms with E-state index in [1.165, 1.54) is 17.9 Å². The SMILES string of the molecule is COc1ccc(OC(=O)NS(=O)(=O)Cl)c([N+](=O)[O-])c1. The van der Waals surface area contributed by atoms with Gasteiger partial charge in [0.2, 0.25) is 5.75 Å². The summed E-state index contributed by atoms with van der Waals surface area (Å²) >= 11 is 0. The van der Waals surface area contributed by atoms with Gasteiger partial charge in [-0.25, -0.2) is 9.52 Å². The van der Waals surface area contributed by atoms with E-state index < -0.39 is 31.7 Å². The van der Waals surface area contributed by atoms with Crippen molar-refractivity contribution in [3.8, 4) is 11.5 Å². The number of methoxy groups -OCH3 is 1. The van der Waals surface area contributed by atoms with Crippen LogP contribution in [0.25, 0.3) is 0 Å². The Bertz CT molecular complexity index is 616. The van der Waals surface area contributed by atoms with Crippen LogP contribution in [0.2, 0.25) is 0 Å². The Morgan fingerprint density at radius 3 is 2.58 bits per heavy atom. The highest BCUT2D eigenvalue weighted by molar-refractivity contribution is 8.12. The molecule has 0 spiro atoms. The highest BCUT2D eigenvalue weighted by Gasteiger charge is 2.21. The number of ether oxygens (including phenoxy) is 2. The Hall–Kier alpha value is -2.07. The van der Waals surface area contributed by atoms with E-state index in [1.54, 1.807) is 0 Å². The molecular formula is C8H7ClN2O7S. The molecule has 9 nitrogen and oxygen atoms in total. The minimum absolute atomic E-state index is 0.171. The molecule has 0 radical (unpaired) electrons. The Labute approximate surface area is 111 Å².